The van der Waals surface area contributed by atoms with Gasteiger partial charge >= 0.3 is 0 Å². The molecule has 1 unspecified atom stereocenters. The van der Waals surface area contributed by atoms with Crippen LogP contribution in [0, 0.1) is 6.92 Å². The monoisotopic (exact) mass is 302 g/mol. The van der Waals surface area contributed by atoms with E-state index in [0.29, 0.717) is 0 Å². The summed E-state index contributed by atoms with van der Waals surface area (Å²) in [5.41, 5.74) is 3.52. The zero-order valence-corrected chi connectivity index (χ0v) is 13.9. The van der Waals surface area contributed by atoms with Crippen LogP contribution >= 0.6 is 11.8 Å². The van der Waals surface area contributed by atoms with Crippen molar-refractivity contribution in [3.8, 4) is 11.5 Å². The molecule has 0 saturated carbocycles. The molecule has 0 saturated heterocycles. The number of methoxy groups -OCH3 is 2. The Morgan fingerprint density at radius 3 is 2.05 bits per heavy atom. The molecule has 2 aromatic rings. The van der Waals surface area contributed by atoms with E-state index in [4.69, 9.17) is 9.47 Å². The zero-order chi connectivity index (χ0) is 15.2. The lowest BCUT2D eigenvalue weighted by Crippen LogP contribution is -2.04. The van der Waals surface area contributed by atoms with E-state index in [1.54, 1.807) is 14.2 Å². The summed E-state index contributed by atoms with van der Waals surface area (Å²) in [6.45, 7) is 4.23. The van der Waals surface area contributed by atoms with Crippen molar-refractivity contribution in [1.29, 1.82) is 0 Å². The van der Waals surface area contributed by atoms with E-state index in [9.17, 15) is 0 Å². The molecule has 3 heteroatoms. The van der Waals surface area contributed by atoms with Gasteiger partial charge in [-0.3, -0.25) is 0 Å². The van der Waals surface area contributed by atoms with E-state index in [1.165, 1.54) is 5.56 Å². The lowest BCUT2D eigenvalue weighted by atomic mass is 10.0. The number of ether oxygens (including phenoxy) is 2. The smallest absolute Gasteiger partial charge is 0.127 e. The van der Waals surface area contributed by atoms with Gasteiger partial charge in [0.1, 0.15) is 11.5 Å². The average Bonchev–Trinajstić information content (AvgIpc) is 2.53. The van der Waals surface area contributed by atoms with Gasteiger partial charge in [-0.15, -0.1) is 11.8 Å². The molecule has 0 spiro atoms. The maximum absolute atomic E-state index is 5.62. The summed E-state index contributed by atoms with van der Waals surface area (Å²) in [5.74, 6) is 2.81. The van der Waals surface area contributed by atoms with Gasteiger partial charge in [-0.05, 0) is 35.9 Å². The molecule has 21 heavy (non-hydrogen) atoms. The predicted octanol–water partition coefficient (Wildman–Crippen LogP) is 4.85. The first-order chi connectivity index (χ1) is 10.2. The van der Waals surface area contributed by atoms with Crippen LogP contribution in [-0.2, 0) is 0 Å². The Labute approximate surface area is 131 Å². The molecule has 1 atom stereocenters. The fraction of sp³-hybridized carbons (Fsp3) is 0.333. The number of thioether (sulfide) groups is 1. The fourth-order valence-electron chi connectivity index (χ4n) is 2.47. The molecule has 2 nitrogen and oxygen atoms in total. The molecular formula is C18H22O2S. The largest absolute Gasteiger partial charge is 0.496 e. The molecule has 112 valence electrons. The lowest BCUT2D eigenvalue weighted by molar-refractivity contribution is 0.386. The second kappa shape index (κ2) is 7.41. The minimum Gasteiger partial charge on any atom is -0.496 e. The second-order valence-electron chi connectivity index (χ2n) is 4.83. The van der Waals surface area contributed by atoms with Gasteiger partial charge in [0.05, 0.1) is 25.0 Å². The van der Waals surface area contributed by atoms with E-state index >= 15 is 0 Å². The van der Waals surface area contributed by atoms with Crippen LogP contribution in [0.15, 0.2) is 42.5 Å². The van der Waals surface area contributed by atoms with E-state index in [2.05, 4.69) is 50.2 Å². The van der Waals surface area contributed by atoms with E-state index in [-0.39, 0.29) is 5.25 Å². The van der Waals surface area contributed by atoms with Crippen LogP contribution in [0.4, 0.5) is 0 Å². The van der Waals surface area contributed by atoms with Crippen LogP contribution in [0.3, 0.4) is 0 Å². The number of hydrogen-bond donors (Lipinski definition) is 0. The van der Waals surface area contributed by atoms with E-state index in [0.717, 1.165) is 28.4 Å². The number of aryl methyl sites for hydroxylation is 1. The molecule has 0 heterocycles. The summed E-state index contributed by atoms with van der Waals surface area (Å²) < 4.78 is 11.2. The molecule has 0 aliphatic rings. The third kappa shape index (κ3) is 3.53. The molecule has 0 fully saturated rings. The molecule has 0 aromatic heterocycles. The maximum Gasteiger partial charge on any atom is 0.127 e. The van der Waals surface area contributed by atoms with E-state index < -0.39 is 0 Å². The minimum atomic E-state index is 0.210. The van der Waals surface area contributed by atoms with Crippen molar-refractivity contribution in [3.05, 3.63) is 59.2 Å². The van der Waals surface area contributed by atoms with Crippen molar-refractivity contribution < 1.29 is 9.47 Å². The van der Waals surface area contributed by atoms with Crippen molar-refractivity contribution >= 4 is 11.8 Å². The van der Waals surface area contributed by atoms with Gasteiger partial charge in [-0.2, -0.15) is 0 Å². The highest BCUT2D eigenvalue weighted by molar-refractivity contribution is 7.99. The van der Waals surface area contributed by atoms with E-state index in [1.807, 2.05) is 17.8 Å². The third-order valence-corrected chi connectivity index (χ3v) is 4.56. The first-order valence-corrected chi connectivity index (χ1v) is 8.15. The average molecular weight is 302 g/mol. The molecule has 2 rings (SSSR count). The lowest BCUT2D eigenvalue weighted by Gasteiger charge is -2.22. The number of rotatable bonds is 6. The Morgan fingerprint density at radius 1 is 1.00 bits per heavy atom. The Kier molecular flexibility index (Phi) is 5.57. The van der Waals surface area contributed by atoms with Crippen molar-refractivity contribution in [1.82, 2.24) is 0 Å². The molecule has 0 N–H and O–H groups in total. The second-order valence-corrected chi connectivity index (χ2v) is 6.21. The standard InChI is InChI=1S/C18H22O2S/c1-5-21-18(14-9-7-6-8-10-14)17-15(19-3)11-13(2)12-16(17)20-4/h6-12,18H,5H2,1-4H3. The van der Waals surface area contributed by atoms with Gasteiger partial charge in [0.2, 0.25) is 0 Å². The predicted molar refractivity (Wildman–Crippen MR) is 90.7 cm³/mol. The molecular weight excluding hydrogens is 280 g/mol. The first-order valence-electron chi connectivity index (χ1n) is 7.10. The van der Waals surface area contributed by atoms with Crippen molar-refractivity contribution in [2.24, 2.45) is 0 Å². The minimum absolute atomic E-state index is 0.210. The first kappa shape index (κ1) is 15.8. The van der Waals surface area contributed by atoms with Gasteiger partial charge in [0.15, 0.2) is 0 Å². The maximum atomic E-state index is 5.62. The van der Waals surface area contributed by atoms with Crippen LogP contribution in [0.5, 0.6) is 11.5 Å². The van der Waals surface area contributed by atoms with Gasteiger partial charge in [0, 0.05) is 0 Å². The molecule has 0 amide bonds. The molecule has 2 aromatic carbocycles. The Balaban J connectivity index is 2.59. The highest BCUT2D eigenvalue weighted by atomic mass is 32.2. The highest BCUT2D eigenvalue weighted by Gasteiger charge is 2.23. The summed E-state index contributed by atoms with van der Waals surface area (Å²) in [6, 6.07) is 14.7. The van der Waals surface area contributed by atoms with Gasteiger partial charge in [-0.25, -0.2) is 0 Å². The van der Waals surface area contributed by atoms with Crippen molar-refractivity contribution in [3.63, 3.8) is 0 Å². The topological polar surface area (TPSA) is 18.5 Å². The summed E-state index contributed by atoms with van der Waals surface area (Å²) in [5, 5.41) is 0.210. The van der Waals surface area contributed by atoms with Gasteiger partial charge in [0.25, 0.3) is 0 Å². The van der Waals surface area contributed by atoms with Gasteiger partial charge < -0.3 is 9.47 Å². The molecule has 0 radical (unpaired) electrons. The molecule has 0 aliphatic heterocycles. The summed E-state index contributed by atoms with van der Waals surface area (Å²) in [7, 11) is 3.44. The Morgan fingerprint density at radius 2 is 1.57 bits per heavy atom. The summed E-state index contributed by atoms with van der Waals surface area (Å²) in [6.07, 6.45) is 0. The summed E-state index contributed by atoms with van der Waals surface area (Å²) in [4.78, 5) is 0. The van der Waals surface area contributed by atoms with Crippen LogP contribution in [0.2, 0.25) is 0 Å². The number of hydrogen-bond acceptors (Lipinski definition) is 3. The number of benzene rings is 2. The van der Waals surface area contributed by atoms with Crippen LogP contribution in [-0.4, -0.2) is 20.0 Å². The fourth-order valence-corrected chi connectivity index (χ4v) is 3.55. The normalized spacial score (nSPS) is 12.0. The Hall–Kier alpha value is -1.61. The molecule has 0 aliphatic carbocycles. The quantitative estimate of drug-likeness (QED) is 0.759. The SMILES string of the molecule is CCSC(c1ccccc1)c1c(OC)cc(C)cc1OC. The van der Waals surface area contributed by atoms with Crippen LogP contribution in [0.1, 0.15) is 28.9 Å². The summed E-state index contributed by atoms with van der Waals surface area (Å²) >= 11 is 1.89. The van der Waals surface area contributed by atoms with Gasteiger partial charge in [-0.1, -0.05) is 37.3 Å². The zero-order valence-electron chi connectivity index (χ0n) is 13.1. The third-order valence-electron chi connectivity index (χ3n) is 3.39. The van der Waals surface area contributed by atoms with Crippen molar-refractivity contribution in [2.75, 3.05) is 20.0 Å². The van der Waals surface area contributed by atoms with Crippen LogP contribution < -0.4 is 9.47 Å². The highest BCUT2D eigenvalue weighted by Crippen LogP contribution is 2.45. The molecule has 0 bridgehead atoms. The Bertz CT molecular complexity index is 556. The van der Waals surface area contributed by atoms with Crippen LogP contribution in [0.25, 0.3) is 0 Å². The van der Waals surface area contributed by atoms with Crippen molar-refractivity contribution in [2.45, 2.75) is 19.1 Å².